The predicted molar refractivity (Wildman–Crippen MR) is 130 cm³/mol. The van der Waals surface area contributed by atoms with Crippen molar-refractivity contribution in [2.45, 2.75) is 88.4 Å². The molecule has 1 aromatic carbocycles. The Morgan fingerprint density at radius 3 is 2.61 bits per heavy atom. The van der Waals surface area contributed by atoms with E-state index < -0.39 is 30.8 Å². The van der Waals surface area contributed by atoms with Crippen molar-refractivity contribution in [3.05, 3.63) is 35.9 Å². The quantitative estimate of drug-likeness (QED) is 0.315. The van der Waals surface area contributed by atoms with E-state index in [0.29, 0.717) is 6.61 Å². The summed E-state index contributed by atoms with van der Waals surface area (Å²) in [5.41, 5.74) is 7.44. The van der Waals surface area contributed by atoms with Gasteiger partial charge in [0.05, 0.1) is 13.0 Å². The minimum absolute atomic E-state index is 0.0250. The average Bonchev–Trinajstić information content (AvgIpc) is 3.27. The number of carbonyl (C=O) groups is 2. The van der Waals surface area contributed by atoms with Gasteiger partial charge < -0.3 is 30.4 Å². The molecule has 10 heteroatoms. The second-order valence-electron chi connectivity index (χ2n) is 10.4. The molecule has 5 atom stereocenters. The molecule has 5 rings (SSSR count). The van der Waals surface area contributed by atoms with Crippen LogP contribution in [0.25, 0.3) is 0 Å². The number of ether oxygens (including phenoxy) is 3. The highest BCUT2D eigenvalue weighted by molar-refractivity contribution is 5.86. The van der Waals surface area contributed by atoms with Gasteiger partial charge in [-0.25, -0.2) is 4.90 Å². The van der Waals surface area contributed by atoms with E-state index in [1.165, 1.54) is 0 Å². The summed E-state index contributed by atoms with van der Waals surface area (Å²) in [4.78, 5) is 29.0. The highest BCUT2D eigenvalue weighted by atomic mass is 16.8. The molecule has 3 aliphatic heterocycles. The minimum atomic E-state index is -0.680. The molecule has 0 spiro atoms. The maximum absolute atomic E-state index is 12.8. The molecule has 36 heavy (non-hydrogen) atoms. The molecule has 1 aromatic rings. The zero-order valence-electron chi connectivity index (χ0n) is 20.7. The van der Waals surface area contributed by atoms with E-state index >= 15 is 0 Å². The van der Waals surface area contributed by atoms with Crippen LogP contribution >= 0.6 is 0 Å². The molecular formula is C26H38N4O6. The Morgan fingerprint density at radius 1 is 1.17 bits per heavy atom. The molecule has 3 unspecified atom stereocenters. The third-order valence-electron chi connectivity index (χ3n) is 7.96. The van der Waals surface area contributed by atoms with E-state index in [0.717, 1.165) is 57.2 Å². The monoisotopic (exact) mass is 502 g/mol. The lowest BCUT2D eigenvalue weighted by Gasteiger charge is -2.37. The molecule has 1 amide bonds. The molecule has 0 radical (unpaired) electrons. The standard InChI is InChI=1S/C26H38N4O6/c27-22(23(32)29-12-4-5-13-29)18-8-10-19(11-9-18)28-21(31)14-20-25(33)35-16-30(20)24-26(36-24)34-15-17-6-2-1-3-7-17/h1-3,6-7,18-20,22-24,26,32H,4-5,8-16,27H2,(H,28,31)/t18?,19?,20-,22-,23?,24?,26?/m0/s1. The zero-order valence-corrected chi connectivity index (χ0v) is 20.7. The lowest BCUT2D eigenvalue weighted by Crippen LogP contribution is -2.52. The summed E-state index contributed by atoms with van der Waals surface area (Å²) in [6.07, 6.45) is 4.19. The van der Waals surface area contributed by atoms with Gasteiger partial charge in [-0.2, -0.15) is 0 Å². The molecule has 4 aliphatic rings. The number of cyclic esters (lactones) is 1. The van der Waals surface area contributed by atoms with Crippen molar-refractivity contribution in [1.82, 2.24) is 15.1 Å². The average molecular weight is 503 g/mol. The van der Waals surface area contributed by atoms with E-state index in [1.807, 2.05) is 30.3 Å². The fourth-order valence-electron chi connectivity index (χ4n) is 5.72. The van der Waals surface area contributed by atoms with Crippen molar-refractivity contribution in [1.29, 1.82) is 0 Å². The number of aliphatic hydroxyl groups is 1. The minimum Gasteiger partial charge on any atom is -0.448 e. The second-order valence-corrected chi connectivity index (χ2v) is 10.4. The van der Waals surface area contributed by atoms with Crippen molar-refractivity contribution >= 4 is 11.9 Å². The molecule has 3 saturated heterocycles. The van der Waals surface area contributed by atoms with Crippen LogP contribution in [0.5, 0.6) is 0 Å². The van der Waals surface area contributed by atoms with Crippen LogP contribution in [0.2, 0.25) is 0 Å². The van der Waals surface area contributed by atoms with Gasteiger partial charge in [0.25, 0.3) is 0 Å². The fraction of sp³-hybridized carbons (Fsp3) is 0.692. The van der Waals surface area contributed by atoms with Crippen molar-refractivity contribution in [2.24, 2.45) is 11.7 Å². The maximum atomic E-state index is 12.8. The summed E-state index contributed by atoms with van der Waals surface area (Å²) in [7, 11) is 0. The lowest BCUT2D eigenvalue weighted by molar-refractivity contribution is -0.140. The van der Waals surface area contributed by atoms with Crippen molar-refractivity contribution in [3.8, 4) is 0 Å². The Labute approximate surface area is 212 Å². The third kappa shape index (κ3) is 6.07. The van der Waals surface area contributed by atoms with Crippen LogP contribution in [0.3, 0.4) is 0 Å². The number of benzene rings is 1. The van der Waals surface area contributed by atoms with E-state index in [9.17, 15) is 14.7 Å². The Kier molecular flexibility index (Phi) is 8.19. The molecule has 1 aliphatic carbocycles. The van der Waals surface area contributed by atoms with Crippen LogP contribution in [0.15, 0.2) is 30.3 Å². The highest BCUT2D eigenvalue weighted by Crippen LogP contribution is 2.33. The van der Waals surface area contributed by atoms with Gasteiger partial charge in [0.2, 0.25) is 5.91 Å². The smallest absolute Gasteiger partial charge is 0.325 e. The number of likely N-dealkylation sites (tertiary alicyclic amines) is 1. The first kappa shape index (κ1) is 25.6. The van der Waals surface area contributed by atoms with Gasteiger partial charge in [-0.15, -0.1) is 0 Å². The Morgan fingerprint density at radius 2 is 1.89 bits per heavy atom. The summed E-state index contributed by atoms with van der Waals surface area (Å²) in [5, 5.41) is 13.7. The zero-order chi connectivity index (χ0) is 25.1. The van der Waals surface area contributed by atoms with E-state index in [4.69, 9.17) is 19.9 Å². The number of nitrogens with one attached hydrogen (secondary N) is 1. The molecule has 198 valence electrons. The van der Waals surface area contributed by atoms with Crippen LogP contribution in [-0.4, -0.2) is 83.5 Å². The normalized spacial score (nSPS) is 32.7. The number of nitrogens with zero attached hydrogens (tertiary/aromatic N) is 2. The van der Waals surface area contributed by atoms with Gasteiger partial charge in [0, 0.05) is 25.2 Å². The lowest BCUT2D eigenvalue weighted by atomic mass is 9.81. The summed E-state index contributed by atoms with van der Waals surface area (Å²) in [5.74, 6) is -0.335. The SMILES string of the molecule is N[C@@H](C1CCC(NC(=O)C[C@H]2C(=O)OCN2C2OC2OCc2ccccc2)CC1)C(O)N1CCCC1. The molecule has 4 fully saturated rings. The van der Waals surface area contributed by atoms with E-state index in [-0.39, 0.29) is 37.1 Å². The van der Waals surface area contributed by atoms with Gasteiger partial charge in [0.1, 0.15) is 19.0 Å². The first-order chi connectivity index (χ1) is 17.5. The number of hydrogen-bond donors (Lipinski definition) is 3. The van der Waals surface area contributed by atoms with Crippen molar-refractivity contribution < 1.29 is 28.9 Å². The molecule has 10 nitrogen and oxygen atoms in total. The molecule has 4 N–H and O–H groups in total. The number of carbonyl (C=O) groups excluding carboxylic acids is 2. The highest BCUT2D eigenvalue weighted by Gasteiger charge is 2.52. The van der Waals surface area contributed by atoms with Crippen LogP contribution in [0.4, 0.5) is 0 Å². The van der Waals surface area contributed by atoms with Crippen LogP contribution in [0, 0.1) is 5.92 Å². The van der Waals surface area contributed by atoms with Gasteiger partial charge in [-0.05, 0) is 50.0 Å². The van der Waals surface area contributed by atoms with Crippen LogP contribution in [-0.2, 0) is 30.4 Å². The molecule has 1 saturated carbocycles. The number of epoxide rings is 1. The summed E-state index contributed by atoms with van der Waals surface area (Å²) in [6, 6.07) is 8.90. The van der Waals surface area contributed by atoms with Crippen LogP contribution < -0.4 is 11.1 Å². The van der Waals surface area contributed by atoms with Crippen molar-refractivity contribution in [3.63, 3.8) is 0 Å². The van der Waals surface area contributed by atoms with Gasteiger partial charge in [-0.1, -0.05) is 30.3 Å². The molecule has 0 aromatic heterocycles. The number of esters is 1. The van der Waals surface area contributed by atoms with Gasteiger partial charge in [-0.3, -0.25) is 14.5 Å². The Hall–Kier alpha value is -2.08. The van der Waals surface area contributed by atoms with Crippen LogP contribution in [0.1, 0.15) is 50.5 Å². The number of hydrogen-bond acceptors (Lipinski definition) is 9. The first-order valence-electron chi connectivity index (χ1n) is 13.2. The Balaban J connectivity index is 1.04. The van der Waals surface area contributed by atoms with E-state index in [1.54, 1.807) is 4.90 Å². The summed E-state index contributed by atoms with van der Waals surface area (Å²) < 4.78 is 16.6. The maximum Gasteiger partial charge on any atom is 0.325 e. The van der Waals surface area contributed by atoms with Gasteiger partial charge in [0.15, 0.2) is 12.5 Å². The van der Waals surface area contributed by atoms with E-state index in [2.05, 4.69) is 10.2 Å². The fourth-order valence-corrected chi connectivity index (χ4v) is 5.72. The van der Waals surface area contributed by atoms with Crippen molar-refractivity contribution in [2.75, 3.05) is 19.8 Å². The molecular weight excluding hydrogens is 464 g/mol. The number of rotatable bonds is 10. The van der Waals surface area contributed by atoms with Gasteiger partial charge >= 0.3 is 5.97 Å². The number of nitrogens with two attached hydrogens (primary N) is 1. The molecule has 0 bridgehead atoms. The Bertz CT molecular complexity index is 890. The second kappa shape index (κ2) is 11.5. The molecule has 3 heterocycles. The third-order valence-corrected chi connectivity index (χ3v) is 7.96. The summed E-state index contributed by atoms with van der Waals surface area (Å²) in [6.45, 7) is 2.32. The largest absolute Gasteiger partial charge is 0.448 e. The number of amides is 1. The number of aliphatic hydroxyl groups excluding tert-OH is 1. The predicted octanol–water partition coefficient (Wildman–Crippen LogP) is 0.877. The summed E-state index contributed by atoms with van der Waals surface area (Å²) >= 11 is 0. The first-order valence-corrected chi connectivity index (χ1v) is 13.2. The topological polar surface area (TPSA) is 130 Å².